The third kappa shape index (κ3) is 18.5. The first-order valence-corrected chi connectivity index (χ1v) is 28.7. The molecule has 0 spiro atoms. The second kappa shape index (κ2) is 32.0. The predicted molar refractivity (Wildman–Crippen MR) is 341 cm³/mol. The van der Waals surface area contributed by atoms with Crippen LogP contribution in [0.1, 0.15) is 101 Å². The topological polar surface area (TPSA) is 271 Å². The zero-order valence-electron chi connectivity index (χ0n) is 48.4. The fourth-order valence-corrected chi connectivity index (χ4v) is 10.1. The maximum absolute atomic E-state index is 12.8. The van der Waals surface area contributed by atoms with E-state index in [2.05, 4.69) is 31.9 Å². The normalized spacial score (nSPS) is 11.6. The Hall–Kier alpha value is -10.4. The number of nitrogens with one attached hydrogen (secondary N) is 9. The van der Waals surface area contributed by atoms with Gasteiger partial charge in [-0.2, -0.15) is 0 Å². The van der Waals surface area contributed by atoms with E-state index in [0.717, 1.165) is 60.1 Å². The van der Waals surface area contributed by atoms with Gasteiger partial charge in [0.15, 0.2) is 0 Å². The van der Waals surface area contributed by atoms with Crippen LogP contribution >= 0.6 is 11.3 Å². The van der Waals surface area contributed by atoms with E-state index in [9.17, 15) is 28.8 Å². The van der Waals surface area contributed by atoms with Gasteiger partial charge in [0.25, 0.3) is 17.7 Å². The van der Waals surface area contributed by atoms with Gasteiger partial charge in [-0.15, -0.1) is 11.3 Å². The molecule has 9 amide bonds. The minimum Gasteiger partial charge on any atom is -0.331 e. The summed E-state index contributed by atoms with van der Waals surface area (Å²) in [5.74, 6) is -1.47. The monoisotopic (exact) mass is 1190 g/mol. The van der Waals surface area contributed by atoms with Crippen molar-refractivity contribution in [2.45, 2.75) is 52.7 Å². The first kappa shape index (κ1) is 64.1. The second-order valence-electron chi connectivity index (χ2n) is 20.5. The first-order valence-electron chi connectivity index (χ1n) is 27.9. The van der Waals surface area contributed by atoms with Crippen LogP contribution < -0.4 is 48.3 Å². The predicted octanol–water partition coefficient (Wildman–Crippen LogP) is 14.4. The molecule has 446 valence electrons. The molecular formula is C68H69N9O9S. The summed E-state index contributed by atoms with van der Waals surface area (Å²) in [6, 6.07) is 67.4. The molecule has 19 heteroatoms. The summed E-state index contributed by atoms with van der Waals surface area (Å²) in [6.07, 6.45) is 0. The van der Waals surface area contributed by atoms with E-state index in [1.54, 1.807) is 89.2 Å². The number of amides is 9. The molecule has 9 aromatic rings. The summed E-state index contributed by atoms with van der Waals surface area (Å²) < 4.78 is 0. The average Bonchev–Trinajstić information content (AvgIpc) is 4.17. The van der Waals surface area contributed by atoms with E-state index < -0.39 is 17.7 Å². The summed E-state index contributed by atoms with van der Waals surface area (Å²) in [4.78, 5) is 73.3. The summed E-state index contributed by atoms with van der Waals surface area (Å²) in [5.41, 5.74) is 14.9. The molecule has 0 unspecified atom stereocenters. The number of hydrogen-bond acceptors (Lipinski definition) is 10. The lowest BCUT2D eigenvalue weighted by Crippen LogP contribution is -2.35. The highest BCUT2D eigenvalue weighted by Gasteiger charge is 2.22. The Kier molecular flexibility index (Phi) is 23.6. The number of hydroxylamine groups is 3. The van der Waals surface area contributed by atoms with Crippen LogP contribution in [0, 0.1) is 11.8 Å². The molecule has 0 aliphatic carbocycles. The maximum Gasteiger partial charge on any atom is 0.320 e. The molecule has 9 rings (SSSR count). The summed E-state index contributed by atoms with van der Waals surface area (Å²) in [6.45, 7) is 9.90. The van der Waals surface area contributed by atoms with Crippen LogP contribution in [0.5, 0.6) is 0 Å². The molecule has 1 aromatic heterocycles. The number of benzene rings is 8. The standard InChI is InChI=1S/C24H25N3O3.C22H23N3O3S.C22H21N3O3/c1-16(2)22(18-12-14-19(15-13-18)23(28)27-30)26-24(29)25-21-11-7-6-10-20(21)17-8-4-3-5-9-17;1-14(2)20(16-8-10-17(11-9-16)21(26)25-28)24-22(27)23-19-13-12-18(29-19)15-6-4-3-5-7-15;1-15(16-11-13-18(14-12-16)21(26)25-28)23-22(27)24-20-10-6-5-9-19(20)17-7-3-2-4-8-17/h3-16,22,30H,1-2H3,(H,27,28)(H2,25,26,29);3-14,20,28H,1-2H3,(H,25,26)(H2,23,24,27);2-15,28H,1H3,(H,25,26)(H2,23,24,27)/t22-;20-;15-/m111/s1. The van der Waals surface area contributed by atoms with Crippen molar-refractivity contribution in [3.05, 3.63) is 258 Å². The molecule has 8 aromatic carbocycles. The molecular weight excluding hydrogens is 1120 g/mol. The van der Waals surface area contributed by atoms with Gasteiger partial charge < -0.3 is 26.6 Å². The van der Waals surface area contributed by atoms with Crippen LogP contribution in [0.4, 0.5) is 30.8 Å². The lowest BCUT2D eigenvalue weighted by Gasteiger charge is -2.24. The molecule has 0 aliphatic heterocycles. The fraction of sp³-hybridized carbons (Fsp3) is 0.147. The molecule has 12 N–H and O–H groups in total. The Morgan fingerprint density at radius 2 is 0.678 bits per heavy atom. The number of urea groups is 3. The van der Waals surface area contributed by atoms with Crippen LogP contribution in [0.2, 0.25) is 0 Å². The highest BCUT2D eigenvalue weighted by Crippen LogP contribution is 2.33. The van der Waals surface area contributed by atoms with Crippen LogP contribution in [-0.4, -0.2) is 51.4 Å². The van der Waals surface area contributed by atoms with E-state index in [1.165, 1.54) is 11.3 Å². The second-order valence-corrected chi connectivity index (χ2v) is 21.6. The smallest absolute Gasteiger partial charge is 0.320 e. The number of thiophene rings is 1. The van der Waals surface area contributed by atoms with Gasteiger partial charge in [-0.25, -0.2) is 30.8 Å². The minimum atomic E-state index is -0.581. The Labute approximate surface area is 509 Å². The zero-order valence-corrected chi connectivity index (χ0v) is 49.3. The molecule has 1 heterocycles. The van der Waals surface area contributed by atoms with E-state index in [1.807, 2.05) is 186 Å². The Balaban J connectivity index is 0.000000187. The Morgan fingerprint density at radius 1 is 0.345 bits per heavy atom. The van der Waals surface area contributed by atoms with Gasteiger partial charge in [0.05, 0.1) is 34.5 Å². The molecule has 3 atom stereocenters. The van der Waals surface area contributed by atoms with Gasteiger partial charge in [0.1, 0.15) is 0 Å². The Bertz CT molecular complexity index is 3700. The van der Waals surface area contributed by atoms with Gasteiger partial charge in [-0.05, 0) is 113 Å². The number of hydrogen-bond donors (Lipinski definition) is 12. The molecule has 0 saturated heterocycles. The van der Waals surface area contributed by atoms with Gasteiger partial charge in [0.2, 0.25) is 0 Å². The van der Waals surface area contributed by atoms with Crippen molar-refractivity contribution in [3.8, 4) is 32.7 Å². The molecule has 18 nitrogen and oxygen atoms in total. The number of carbonyl (C=O) groups is 6. The van der Waals surface area contributed by atoms with Gasteiger partial charge in [-0.1, -0.05) is 191 Å². The quantitative estimate of drug-likeness (QED) is 0.0305. The highest BCUT2D eigenvalue weighted by molar-refractivity contribution is 7.19. The van der Waals surface area contributed by atoms with Crippen molar-refractivity contribution in [1.82, 2.24) is 32.4 Å². The third-order valence-corrected chi connectivity index (χ3v) is 14.8. The number of para-hydroxylation sites is 2. The lowest BCUT2D eigenvalue weighted by molar-refractivity contribution is 0.0702. The SMILES string of the molecule is CC(C)[C@@H](NC(=O)Nc1ccc(-c2ccccc2)s1)c1ccc(C(=O)NO)cc1.CC(C)[C@@H](NC(=O)Nc1ccccc1-c1ccccc1)c1ccc(C(=O)NO)cc1.C[C@@H](NC(=O)Nc1ccccc1-c1ccccc1)c1ccc(C(=O)NO)cc1. The maximum atomic E-state index is 12.8. The first-order chi connectivity index (χ1) is 42.0. The average molecular weight is 1190 g/mol. The minimum absolute atomic E-state index is 0.123. The fourth-order valence-electron chi connectivity index (χ4n) is 9.18. The van der Waals surface area contributed by atoms with Crippen LogP contribution in [0.25, 0.3) is 32.7 Å². The van der Waals surface area contributed by atoms with Crippen LogP contribution in [-0.2, 0) is 0 Å². The van der Waals surface area contributed by atoms with Gasteiger partial charge in [0, 0.05) is 32.7 Å². The van der Waals surface area contributed by atoms with Crippen LogP contribution in [0.15, 0.2) is 224 Å². The van der Waals surface area contributed by atoms with E-state index in [0.29, 0.717) is 22.4 Å². The largest absolute Gasteiger partial charge is 0.331 e. The number of anilines is 3. The molecule has 0 fully saturated rings. The van der Waals surface area contributed by atoms with Crippen molar-refractivity contribution in [2.24, 2.45) is 11.8 Å². The molecule has 87 heavy (non-hydrogen) atoms. The van der Waals surface area contributed by atoms with Gasteiger partial charge >= 0.3 is 18.1 Å². The Morgan fingerprint density at radius 3 is 1.06 bits per heavy atom. The lowest BCUT2D eigenvalue weighted by atomic mass is 9.95. The van der Waals surface area contributed by atoms with Crippen molar-refractivity contribution in [2.75, 3.05) is 16.0 Å². The van der Waals surface area contributed by atoms with Crippen molar-refractivity contribution in [1.29, 1.82) is 0 Å². The summed E-state index contributed by atoms with van der Waals surface area (Å²) in [5, 5.41) is 44.6. The summed E-state index contributed by atoms with van der Waals surface area (Å²) in [7, 11) is 0. The van der Waals surface area contributed by atoms with Crippen LogP contribution in [0.3, 0.4) is 0 Å². The molecule has 0 aliphatic rings. The molecule has 0 bridgehead atoms. The molecule has 0 radical (unpaired) electrons. The molecule has 0 saturated carbocycles. The van der Waals surface area contributed by atoms with E-state index >= 15 is 0 Å². The third-order valence-electron chi connectivity index (χ3n) is 13.7. The summed E-state index contributed by atoms with van der Waals surface area (Å²) >= 11 is 1.51. The van der Waals surface area contributed by atoms with Crippen molar-refractivity contribution in [3.63, 3.8) is 0 Å². The van der Waals surface area contributed by atoms with Crippen molar-refractivity contribution >= 4 is 63.5 Å². The van der Waals surface area contributed by atoms with Crippen molar-refractivity contribution < 1.29 is 44.4 Å². The number of carbonyl (C=O) groups excluding carboxylic acids is 6. The highest BCUT2D eigenvalue weighted by atomic mass is 32.1. The van der Waals surface area contributed by atoms with E-state index in [-0.39, 0.29) is 48.1 Å². The zero-order chi connectivity index (χ0) is 62.2. The van der Waals surface area contributed by atoms with E-state index in [4.69, 9.17) is 15.6 Å². The van der Waals surface area contributed by atoms with Gasteiger partial charge in [-0.3, -0.25) is 35.3 Å². The number of rotatable bonds is 17.